The van der Waals surface area contributed by atoms with Gasteiger partial charge in [-0.05, 0) is 37.7 Å². The number of rotatable bonds is 10. The number of amides is 4. The Bertz CT molecular complexity index is 996. The highest BCUT2D eigenvalue weighted by atomic mass is 16.6. The average Bonchev–Trinajstić information content (AvgIpc) is 3.51. The van der Waals surface area contributed by atoms with Gasteiger partial charge in [-0.3, -0.25) is 19.4 Å². The zero-order valence-electron chi connectivity index (χ0n) is 20.0. The Hall–Kier alpha value is -3.96. The van der Waals surface area contributed by atoms with Gasteiger partial charge in [0.05, 0.1) is 6.04 Å². The van der Waals surface area contributed by atoms with E-state index in [2.05, 4.69) is 10.3 Å². The Morgan fingerprint density at radius 2 is 1.92 bits per heavy atom. The molecule has 2 aliphatic rings. The number of likely N-dealkylation sites (tertiary alicyclic amines) is 2. The Balaban J connectivity index is 1.60. The summed E-state index contributed by atoms with van der Waals surface area (Å²) >= 11 is 0. The fourth-order valence-electron chi connectivity index (χ4n) is 4.40. The van der Waals surface area contributed by atoms with Crippen molar-refractivity contribution in [1.29, 1.82) is 0 Å². The lowest BCUT2D eigenvalue weighted by atomic mass is 10.1. The maximum absolute atomic E-state index is 13.4. The van der Waals surface area contributed by atoms with Crippen molar-refractivity contribution >= 4 is 36.1 Å². The fourth-order valence-corrected chi connectivity index (χ4v) is 4.40. The highest BCUT2D eigenvalue weighted by Gasteiger charge is 2.46. The molecule has 0 spiro atoms. The molecule has 12 heteroatoms. The zero-order chi connectivity index (χ0) is 26.1. The van der Waals surface area contributed by atoms with Crippen LogP contribution in [0.3, 0.4) is 0 Å². The molecule has 194 valence electrons. The number of aldehydes is 1. The van der Waals surface area contributed by atoms with E-state index in [9.17, 15) is 24.0 Å². The van der Waals surface area contributed by atoms with Crippen molar-refractivity contribution in [3.63, 3.8) is 0 Å². The van der Waals surface area contributed by atoms with E-state index in [-0.39, 0.29) is 25.4 Å². The van der Waals surface area contributed by atoms with Crippen molar-refractivity contribution in [3.8, 4) is 0 Å². The first-order chi connectivity index (χ1) is 17.3. The van der Waals surface area contributed by atoms with E-state index in [1.165, 1.54) is 4.90 Å². The fraction of sp³-hybridized carbons (Fsp3) is 0.500. The van der Waals surface area contributed by atoms with Crippen LogP contribution in [0.5, 0.6) is 0 Å². The second-order valence-corrected chi connectivity index (χ2v) is 8.75. The van der Waals surface area contributed by atoms with E-state index < -0.39 is 41.9 Å². The van der Waals surface area contributed by atoms with Crippen LogP contribution in [0.2, 0.25) is 0 Å². The molecular weight excluding hydrogens is 468 g/mol. The summed E-state index contributed by atoms with van der Waals surface area (Å²) in [6, 6.07) is 6.41. The molecule has 36 heavy (non-hydrogen) atoms. The Kier molecular flexibility index (Phi) is 9.37. The van der Waals surface area contributed by atoms with Gasteiger partial charge in [-0.2, -0.15) is 0 Å². The number of carbonyl (C=O) groups excluding carboxylic acids is 5. The number of nitrogens with zero attached hydrogens (tertiary/aromatic N) is 3. The van der Waals surface area contributed by atoms with Gasteiger partial charge in [0, 0.05) is 19.5 Å². The minimum Gasteiger partial charge on any atom is -0.444 e. The van der Waals surface area contributed by atoms with Gasteiger partial charge < -0.3 is 31.2 Å². The van der Waals surface area contributed by atoms with Crippen molar-refractivity contribution in [2.24, 2.45) is 16.5 Å². The summed E-state index contributed by atoms with van der Waals surface area (Å²) in [4.78, 5) is 69.0. The van der Waals surface area contributed by atoms with E-state index >= 15 is 0 Å². The van der Waals surface area contributed by atoms with Gasteiger partial charge in [0.1, 0.15) is 25.0 Å². The van der Waals surface area contributed by atoms with Crippen LogP contribution in [0.1, 0.15) is 44.1 Å². The molecule has 0 radical (unpaired) electrons. The molecule has 4 amide bonds. The molecule has 0 aliphatic carbocycles. The van der Waals surface area contributed by atoms with Crippen molar-refractivity contribution in [2.45, 2.75) is 63.3 Å². The third-order valence-corrected chi connectivity index (χ3v) is 6.20. The van der Waals surface area contributed by atoms with E-state index in [4.69, 9.17) is 16.2 Å². The normalized spacial score (nSPS) is 20.1. The van der Waals surface area contributed by atoms with Gasteiger partial charge in [-0.15, -0.1) is 0 Å². The van der Waals surface area contributed by atoms with Gasteiger partial charge in [0.2, 0.25) is 17.7 Å². The van der Waals surface area contributed by atoms with Crippen LogP contribution in [0.4, 0.5) is 4.79 Å². The van der Waals surface area contributed by atoms with Crippen molar-refractivity contribution in [2.75, 3.05) is 13.1 Å². The molecule has 0 aromatic heterocycles. The molecular formula is C24H32N6O6. The minimum absolute atomic E-state index is 0.0323. The molecule has 12 nitrogen and oxygen atoms in total. The number of imide groups is 1. The molecule has 0 bridgehead atoms. The molecule has 2 aliphatic heterocycles. The van der Waals surface area contributed by atoms with Gasteiger partial charge in [-0.1, -0.05) is 30.3 Å². The van der Waals surface area contributed by atoms with Crippen molar-refractivity contribution in [1.82, 2.24) is 15.1 Å². The standard InChI is InChI=1S/C24H32N6O6/c25-23(26)27-12-4-8-17(14-31)28-21(33)18-9-5-13-29(18)22(34)19-10-11-20(32)30(19)24(35)36-15-16-6-2-1-3-7-16/h1-3,6-7,14,17-19H,4-5,8-13,15H2,(H,28,33)(H4,25,26,27)/t17-,18-,19-/m0/s1. The quantitative estimate of drug-likeness (QED) is 0.174. The highest BCUT2D eigenvalue weighted by Crippen LogP contribution is 2.26. The summed E-state index contributed by atoms with van der Waals surface area (Å²) in [7, 11) is 0. The van der Waals surface area contributed by atoms with Gasteiger partial charge in [-0.25, -0.2) is 9.69 Å². The lowest BCUT2D eigenvalue weighted by molar-refractivity contribution is -0.144. The van der Waals surface area contributed by atoms with Crippen molar-refractivity contribution < 1.29 is 28.7 Å². The molecule has 2 saturated heterocycles. The predicted octanol–water partition coefficient (Wildman–Crippen LogP) is 0.0425. The molecule has 2 fully saturated rings. The van der Waals surface area contributed by atoms with E-state index in [1.54, 1.807) is 24.3 Å². The number of ether oxygens (including phenoxy) is 1. The minimum atomic E-state index is -1.03. The Labute approximate surface area is 209 Å². The monoisotopic (exact) mass is 500 g/mol. The number of nitrogens with two attached hydrogens (primary N) is 2. The second-order valence-electron chi connectivity index (χ2n) is 8.75. The maximum Gasteiger partial charge on any atom is 0.417 e. The largest absolute Gasteiger partial charge is 0.444 e. The summed E-state index contributed by atoms with van der Waals surface area (Å²) in [6.07, 6.45) is 1.75. The highest BCUT2D eigenvalue weighted by molar-refractivity contribution is 6.01. The van der Waals surface area contributed by atoms with E-state index in [0.29, 0.717) is 45.1 Å². The smallest absolute Gasteiger partial charge is 0.417 e. The number of nitrogens with one attached hydrogen (secondary N) is 1. The summed E-state index contributed by atoms with van der Waals surface area (Å²) < 4.78 is 5.28. The summed E-state index contributed by atoms with van der Waals surface area (Å²) in [6.45, 7) is 0.600. The molecule has 0 unspecified atom stereocenters. The maximum atomic E-state index is 13.4. The average molecular weight is 501 g/mol. The molecule has 3 atom stereocenters. The van der Waals surface area contributed by atoms with Gasteiger partial charge in [0.25, 0.3) is 0 Å². The zero-order valence-corrected chi connectivity index (χ0v) is 20.0. The predicted molar refractivity (Wildman–Crippen MR) is 129 cm³/mol. The molecule has 2 heterocycles. The SMILES string of the molecule is NC(N)=NCCC[C@@H](C=O)NC(=O)[C@@H]1CCCN1C(=O)[C@@H]1CCC(=O)N1C(=O)OCc1ccccc1. The first-order valence-corrected chi connectivity index (χ1v) is 12.0. The molecule has 1 aromatic rings. The van der Waals surface area contributed by atoms with Crippen LogP contribution in [-0.4, -0.2) is 77.1 Å². The van der Waals surface area contributed by atoms with E-state index in [0.717, 1.165) is 10.5 Å². The lowest BCUT2D eigenvalue weighted by Gasteiger charge is -2.30. The molecule has 0 saturated carbocycles. The summed E-state index contributed by atoms with van der Waals surface area (Å²) in [5.74, 6) is -1.48. The number of aliphatic imine (C=N–C) groups is 1. The third-order valence-electron chi connectivity index (χ3n) is 6.20. The van der Waals surface area contributed by atoms with Crippen LogP contribution in [0, 0.1) is 0 Å². The number of hydrogen-bond acceptors (Lipinski definition) is 7. The second kappa shape index (κ2) is 12.7. The lowest BCUT2D eigenvalue weighted by Crippen LogP contribution is -2.54. The van der Waals surface area contributed by atoms with Crippen LogP contribution >= 0.6 is 0 Å². The van der Waals surface area contributed by atoms with Crippen LogP contribution < -0.4 is 16.8 Å². The summed E-state index contributed by atoms with van der Waals surface area (Å²) in [5.41, 5.74) is 11.3. The van der Waals surface area contributed by atoms with Gasteiger partial charge in [0.15, 0.2) is 5.96 Å². The number of benzene rings is 1. The number of hydrogen-bond donors (Lipinski definition) is 3. The van der Waals surface area contributed by atoms with Crippen molar-refractivity contribution in [3.05, 3.63) is 35.9 Å². The van der Waals surface area contributed by atoms with E-state index in [1.807, 2.05) is 6.07 Å². The Morgan fingerprint density at radius 3 is 2.61 bits per heavy atom. The molecule has 3 rings (SSSR count). The van der Waals surface area contributed by atoms with Gasteiger partial charge >= 0.3 is 6.09 Å². The summed E-state index contributed by atoms with van der Waals surface area (Å²) in [5, 5.41) is 2.67. The van der Waals surface area contributed by atoms with Crippen LogP contribution in [0.25, 0.3) is 0 Å². The molecule has 1 aromatic carbocycles. The number of guanidine groups is 1. The first-order valence-electron chi connectivity index (χ1n) is 12.0. The van der Waals surface area contributed by atoms with Crippen LogP contribution in [-0.2, 0) is 30.5 Å². The first kappa shape index (κ1) is 26.6. The van der Waals surface area contributed by atoms with Crippen LogP contribution in [0.15, 0.2) is 35.3 Å². The molecule has 5 N–H and O–H groups in total. The topological polar surface area (TPSA) is 177 Å². The Morgan fingerprint density at radius 1 is 1.17 bits per heavy atom. The third kappa shape index (κ3) is 6.80. The number of carbonyl (C=O) groups is 5.